The second kappa shape index (κ2) is 4.97. The van der Waals surface area contributed by atoms with E-state index in [1.165, 1.54) is 6.07 Å². The molecule has 0 radical (unpaired) electrons. The van der Waals surface area contributed by atoms with Gasteiger partial charge in [-0.05, 0) is 36.8 Å². The minimum absolute atomic E-state index is 0.105. The van der Waals surface area contributed by atoms with E-state index in [9.17, 15) is 8.42 Å². The molecule has 3 aromatic rings. The van der Waals surface area contributed by atoms with E-state index in [4.69, 9.17) is 5.73 Å². The number of rotatable bonds is 3. The summed E-state index contributed by atoms with van der Waals surface area (Å²) < 4.78 is 35.6. The third-order valence-corrected chi connectivity index (χ3v) is 5.03. The lowest BCUT2D eigenvalue weighted by Crippen LogP contribution is -2.13. The maximum atomic E-state index is 12.5. The van der Waals surface area contributed by atoms with Crippen LogP contribution in [0.1, 0.15) is 5.56 Å². The zero-order chi connectivity index (χ0) is 15.0. The van der Waals surface area contributed by atoms with Gasteiger partial charge in [-0.3, -0.25) is 4.72 Å². The number of fused-ring (bicyclic) bond motifs is 1. The normalized spacial score (nSPS) is 11.7. The summed E-state index contributed by atoms with van der Waals surface area (Å²) >= 11 is 0.982. The Bertz CT molecular complexity index is 919. The predicted octanol–water partition coefficient (Wildman–Crippen LogP) is 2.38. The number of sulfonamides is 1. The molecule has 0 saturated heterocycles. The molecule has 3 N–H and O–H groups in total. The summed E-state index contributed by atoms with van der Waals surface area (Å²) in [6.45, 7) is 1.86. The van der Waals surface area contributed by atoms with E-state index in [1.54, 1.807) is 30.3 Å². The van der Waals surface area contributed by atoms with Gasteiger partial charge in [0.1, 0.15) is 15.9 Å². The van der Waals surface area contributed by atoms with Crippen LogP contribution in [0.15, 0.2) is 41.3 Å². The SMILES string of the molecule is Cc1ccc(NS(=O)(=O)c2cccc3nsnc23)cc1N. The first-order valence-corrected chi connectivity index (χ1v) is 8.29. The molecule has 6 nitrogen and oxygen atoms in total. The summed E-state index contributed by atoms with van der Waals surface area (Å²) in [4.78, 5) is 0.105. The van der Waals surface area contributed by atoms with Crippen LogP contribution >= 0.6 is 11.7 Å². The van der Waals surface area contributed by atoms with Crippen LogP contribution in [-0.4, -0.2) is 17.2 Å². The Morgan fingerprint density at radius 1 is 1.19 bits per heavy atom. The van der Waals surface area contributed by atoms with E-state index < -0.39 is 10.0 Å². The molecular weight excluding hydrogens is 308 g/mol. The van der Waals surface area contributed by atoms with Crippen molar-refractivity contribution in [2.24, 2.45) is 0 Å². The van der Waals surface area contributed by atoms with Crippen LogP contribution in [-0.2, 0) is 10.0 Å². The maximum absolute atomic E-state index is 12.5. The third-order valence-electron chi connectivity index (χ3n) is 3.07. The Labute approximate surface area is 126 Å². The van der Waals surface area contributed by atoms with Crippen molar-refractivity contribution in [1.82, 2.24) is 8.75 Å². The Balaban J connectivity index is 2.04. The molecule has 0 unspecified atom stereocenters. The number of hydrogen-bond donors (Lipinski definition) is 2. The van der Waals surface area contributed by atoms with E-state index in [1.807, 2.05) is 6.92 Å². The van der Waals surface area contributed by atoms with Crippen molar-refractivity contribution in [2.45, 2.75) is 11.8 Å². The van der Waals surface area contributed by atoms with Crippen LogP contribution in [0.3, 0.4) is 0 Å². The topological polar surface area (TPSA) is 98.0 Å². The first kappa shape index (κ1) is 13.8. The van der Waals surface area contributed by atoms with Crippen LogP contribution in [0.2, 0.25) is 0 Å². The minimum Gasteiger partial charge on any atom is -0.398 e. The van der Waals surface area contributed by atoms with Crippen molar-refractivity contribution in [3.63, 3.8) is 0 Å². The van der Waals surface area contributed by atoms with Crippen molar-refractivity contribution in [2.75, 3.05) is 10.5 Å². The molecule has 3 rings (SSSR count). The molecule has 0 aliphatic heterocycles. The maximum Gasteiger partial charge on any atom is 0.264 e. The highest BCUT2D eigenvalue weighted by atomic mass is 32.2. The molecule has 0 aliphatic rings. The average molecular weight is 320 g/mol. The van der Waals surface area contributed by atoms with E-state index in [2.05, 4.69) is 13.5 Å². The monoisotopic (exact) mass is 320 g/mol. The molecule has 0 saturated carbocycles. The number of nitrogen functional groups attached to an aromatic ring is 1. The van der Waals surface area contributed by atoms with Gasteiger partial charge in [-0.2, -0.15) is 8.75 Å². The highest BCUT2D eigenvalue weighted by molar-refractivity contribution is 7.93. The number of hydrogen-bond acceptors (Lipinski definition) is 6. The fraction of sp³-hybridized carbons (Fsp3) is 0.0769. The molecular formula is C13H12N4O2S2. The second-order valence-electron chi connectivity index (χ2n) is 4.56. The van der Waals surface area contributed by atoms with Gasteiger partial charge in [0.05, 0.1) is 17.4 Å². The molecule has 0 fully saturated rings. The number of nitrogens with one attached hydrogen (secondary N) is 1. The van der Waals surface area contributed by atoms with Crippen molar-refractivity contribution in [3.8, 4) is 0 Å². The molecule has 8 heteroatoms. The summed E-state index contributed by atoms with van der Waals surface area (Å²) in [6, 6.07) is 9.89. The lowest BCUT2D eigenvalue weighted by atomic mass is 10.2. The molecule has 2 aromatic carbocycles. The first-order valence-electron chi connectivity index (χ1n) is 6.07. The van der Waals surface area contributed by atoms with Gasteiger partial charge >= 0.3 is 0 Å². The summed E-state index contributed by atoms with van der Waals surface area (Å²) in [5, 5.41) is 0. The standard InChI is InChI=1S/C13H12N4O2S2/c1-8-5-6-9(7-10(8)14)17-21(18,19)12-4-2-3-11-13(12)16-20-15-11/h2-7,17H,14H2,1H3. The summed E-state index contributed by atoms with van der Waals surface area (Å²) in [5.41, 5.74) is 8.57. The molecule has 1 aromatic heterocycles. The van der Waals surface area contributed by atoms with Gasteiger partial charge in [0.2, 0.25) is 0 Å². The molecule has 0 aliphatic carbocycles. The van der Waals surface area contributed by atoms with Crippen LogP contribution in [0, 0.1) is 6.92 Å². The molecule has 0 atom stereocenters. The lowest BCUT2D eigenvalue weighted by Gasteiger charge is -2.10. The highest BCUT2D eigenvalue weighted by Crippen LogP contribution is 2.25. The van der Waals surface area contributed by atoms with Crippen molar-refractivity contribution in [1.29, 1.82) is 0 Å². The molecule has 1 heterocycles. The highest BCUT2D eigenvalue weighted by Gasteiger charge is 2.19. The van der Waals surface area contributed by atoms with Crippen LogP contribution < -0.4 is 10.5 Å². The fourth-order valence-electron chi connectivity index (χ4n) is 1.91. The van der Waals surface area contributed by atoms with Gasteiger partial charge in [0.15, 0.2) is 0 Å². The number of nitrogens with zero attached hydrogens (tertiary/aromatic N) is 2. The number of aromatic nitrogens is 2. The van der Waals surface area contributed by atoms with Crippen molar-refractivity contribution in [3.05, 3.63) is 42.0 Å². The van der Waals surface area contributed by atoms with E-state index in [0.717, 1.165) is 17.3 Å². The molecule has 0 amide bonds. The van der Waals surface area contributed by atoms with Gasteiger partial charge in [0.25, 0.3) is 10.0 Å². The van der Waals surface area contributed by atoms with Gasteiger partial charge in [-0.25, -0.2) is 8.42 Å². The lowest BCUT2D eigenvalue weighted by molar-refractivity contribution is 0.602. The number of aryl methyl sites for hydroxylation is 1. The second-order valence-corrected chi connectivity index (χ2v) is 6.74. The summed E-state index contributed by atoms with van der Waals surface area (Å²) in [7, 11) is -3.74. The van der Waals surface area contributed by atoms with Crippen molar-refractivity contribution < 1.29 is 8.42 Å². The van der Waals surface area contributed by atoms with E-state index >= 15 is 0 Å². The zero-order valence-electron chi connectivity index (χ0n) is 11.1. The quantitative estimate of drug-likeness (QED) is 0.722. The fourth-order valence-corrected chi connectivity index (χ4v) is 3.73. The smallest absolute Gasteiger partial charge is 0.264 e. The van der Waals surface area contributed by atoms with Gasteiger partial charge < -0.3 is 5.73 Å². The van der Waals surface area contributed by atoms with Crippen LogP contribution in [0.4, 0.5) is 11.4 Å². The van der Waals surface area contributed by atoms with E-state index in [0.29, 0.717) is 22.4 Å². The van der Waals surface area contributed by atoms with E-state index in [-0.39, 0.29) is 4.90 Å². The molecule has 108 valence electrons. The molecule has 0 spiro atoms. The zero-order valence-corrected chi connectivity index (χ0v) is 12.7. The largest absolute Gasteiger partial charge is 0.398 e. The first-order chi connectivity index (χ1) is 9.97. The third kappa shape index (κ3) is 2.55. The summed E-state index contributed by atoms with van der Waals surface area (Å²) in [6.07, 6.45) is 0. The summed E-state index contributed by atoms with van der Waals surface area (Å²) in [5.74, 6) is 0. The Morgan fingerprint density at radius 2 is 2.00 bits per heavy atom. The van der Waals surface area contributed by atoms with Gasteiger partial charge in [0, 0.05) is 5.69 Å². The van der Waals surface area contributed by atoms with Crippen molar-refractivity contribution >= 4 is 44.2 Å². The average Bonchev–Trinajstić information content (AvgIpc) is 2.90. The number of nitrogens with two attached hydrogens (primary N) is 1. The minimum atomic E-state index is -3.74. The van der Waals surface area contributed by atoms with Gasteiger partial charge in [-0.1, -0.05) is 12.1 Å². The van der Waals surface area contributed by atoms with Gasteiger partial charge in [-0.15, -0.1) is 0 Å². The van der Waals surface area contributed by atoms with Crippen LogP contribution in [0.25, 0.3) is 11.0 Å². The predicted molar refractivity (Wildman–Crippen MR) is 83.8 cm³/mol. The molecule has 21 heavy (non-hydrogen) atoms. The molecule has 0 bridgehead atoms. The number of benzene rings is 2. The number of anilines is 2. The van der Waals surface area contributed by atoms with Crippen LogP contribution in [0.5, 0.6) is 0 Å². The Kier molecular flexibility index (Phi) is 3.26. The Hall–Kier alpha value is -2.19. The Morgan fingerprint density at radius 3 is 2.76 bits per heavy atom.